The summed E-state index contributed by atoms with van der Waals surface area (Å²) in [6.45, 7) is 0. The molecule has 0 saturated carbocycles. The molecule has 0 aliphatic rings. The molecule has 0 bridgehead atoms. The minimum absolute atomic E-state index is 0.332. The van der Waals surface area contributed by atoms with Crippen LogP contribution in [0.1, 0.15) is 33.2 Å². The normalized spacial score (nSPS) is 11.2. The second-order valence-electron chi connectivity index (χ2n) is 7.45. The van der Waals surface area contributed by atoms with E-state index in [4.69, 9.17) is 14.5 Å². The third kappa shape index (κ3) is 3.97. The van der Waals surface area contributed by atoms with Gasteiger partial charge >= 0.3 is 5.97 Å². The third-order valence-electron chi connectivity index (χ3n) is 5.55. The molecule has 1 atom stereocenters. The number of thiazole rings is 1. The number of carbonyl (C=O) groups is 1. The Morgan fingerprint density at radius 3 is 2.27 bits per heavy atom. The van der Waals surface area contributed by atoms with E-state index in [0.717, 1.165) is 32.9 Å². The Hall–Kier alpha value is -3.34. The van der Waals surface area contributed by atoms with Gasteiger partial charge in [-0.3, -0.25) is 0 Å². The largest absolute Gasteiger partial charge is 0.478 e. The van der Waals surface area contributed by atoms with Crippen LogP contribution in [-0.2, 0) is 10.9 Å². The van der Waals surface area contributed by atoms with Crippen LogP contribution in [0.3, 0.4) is 0 Å². The lowest BCUT2D eigenvalue weighted by Gasteiger charge is -2.23. The molecule has 33 heavy (non-hydrogen) atoms. The van der Waals surface area contributed by atoms with Crippen molar-refractivity contribution in [3.05, 3.63) is 101 Å². The molecule has 0 aliphatic carbocycles. The van der Waals surface area contributed by atoms with Crippen LogP contribution in [0.2, 0.25) is 0 Å². The first-order valence-electron chi connectivity index (χ1n) is 10.4. The zero-order valence-electron chi connectivity index (χ0n) is 17.9. The third-order valence-corrected chi connectivity index (χ3v) is 6.83. The predicted octanol–water partition coefficient (Wildman–Crippen LogP) is 6.17. The molecule has 0 aliphatic heterocycles. The highest BCUT2D eigenvalue weighted by atomic mass is 32.1. The van der Waals surface area contributed by atoms with E-state index < -0.39 is 12.1 Å². The van der Waals surface area contributed by atoms with E-state index in [1.54, 1.807) is 22.9 Å². The van der Waals surface area contributed by atoms with Gasteiger partial charge in [0.1, 0.15) is 17.2 Å². The summed E-state index contributed by atoms with van der Waals surface area (Å²) in [7, 11) is 4.15. The van der Waals surface area contributed by atoms with Gasteiger partial charge in [-0.05, 0) is 28.9 Å². The highest BCUT2D eigenvalue weighted by Gasteiger charge is 2.25. The second-order valence-corrected chi connectivity index (χ2v) is 8.71. The number of fused-ring (bicyclic) bond motifs is 2. The van der Waals surface area contributed by atoms with Crippen molar-refractivity contribution in [3.8, 4) is 5.75 Å². The van der Waals surface area contributed by atoms with Gasteiger partial charge < -0.3 is 9.47 Å². The highest BCUT2D eigenvalue weighted by Crippen LogP contribution is 2.39. The fourth-order valence-corrected chi connectivity index (χ4v) is 5.34. The van der Waals surface area contributed by atoms with Gasteiger partial charge in [0.2, 0.25) is 0 Å². The van der Waals surface area contributed by atoms with Crippen molar-refractivity contribution in [1.29, 1.82) is 0 Å². The van der Waals surface area contributed by atoms with Crippen LogP contribution < -0.4 is 4.74 Å². The standard InChI is InChI=1S/C26H21N2O3PS/c1-30-26(29)19-13-12-18-20(14-32)24-25(27-15-33-24)28-21(18)23(19)31-22(16-8-4-2-5-9-16)17-10-6-3-7-11-17/h2-13,15,22H,14,32H2,1H3. The Bertz CT molecular complexity index is 1400. The van der Waals surface area contributed by atoms with Gasteiger partial charge in [0.15, 0.2) is 11.4 Å². The van der Waals surface area contributed by atoms with Gasteiger partial charge in [0.05, 0.1) is 17.3 Å². The van der Waals surface area contributed by atoms with Crippen molar-refractivity contribution in [1.82, 2.24) is 9.97 Å². The van der Waals surface area contributed by atoms with Crippen LogP contribution in [0.5, 0.6) is 5.75 Å². The first kappa shape index (κ1) is 21.5. The highest BCUT2D eigenvalue weighted by molar-refractivity contribution is 7.18. The molecule has 0 amide bonds. The Labute approximate surface area is 197 Å². The van der Waals surface area contributed by atoms with Gasteiger partial charge in [-0.15, -0.1) is 20.6 Å². The lowest BCUT2D eigenvalue weighted by Crippen LogP contribution is -2.13. The number of hydrogen-bond donors (Lipinski definition) is 0. The monoisotopic (exact) mass is 472 g/mol. The van der Waals surface area contributed by atoms with Gasteiger partial charge in [0.25, 0.3) is 0 Å². The minimum Gasteiger partial charge on any atom is -0.478 e. The lowest BCUT2D eigenvalue weighted by atomic mass is 10.0. The molecule has 0 saturated heterocycles. The van der Waals surface area contributed by atoms with Crippen molar-refractivity contribution in [2.45, 2.75) is 12.3 Å². The molecular formula is C26H21N2O3PS. The first-order chi connectivity index (χ1) is 16.2. The summed E-state index contributed by atoms with van der Waals surface area (Å²) >= 11 is 1.56. The SMILES string of the molecule is COC(=O)c1ccc2c(CP)c3scnc3nc2c1OC(c1ccccc1)c1ccccc1. The Balaban J connectivity index is 1.78. The minimum atomic E-state index is -0.473. The van der Waals surface area contributed by atoms with Crippen LogP contribution in [0.25, 0.3) is 21.3 Å². The number of esters is 1. The Morgan fingerprint density at radius 2 is 1.67 bits per heavy atom. The van der Waals surface area contributed by atoms with Crippen LogP contribution >= 0.6 is 20.6 Å². The van der Waals surface area contributed by atoms with E-state index in [-0.39, 0.29) is 0 Å². The number of nitrogens with zero attached hydrogens (tertiary/aromatic N) is 2. The zero-order valence-corrected chi connectivity index (χ0v) is 19.9. The summed E-state index contributed by atoms with van der Waals surface area (Å²) in [5.74, 6) is -0.0778. The van der Waals surface area contributed by atoms with E-state index in [2.05, 4.69) is 14.2 Å². The lowest BCUT2D eigenvalue weighted by molar-refractivity contribution is 0.0594. The van der Waals surface area contributed by atoms with Gasteiger partial charge in [-0.1, -0.05) is 66.7 Å². The number of rotatable bonds is 6. The molecule has 2 heterocycles. The average Bonchev–Trinajstić information content (AvgIpc) is 3.34. The molecular weight excluding hydrogens is 451 g/mol. The summed E-state index contributed by atoms with van der Waals surface area (Å²) in [5, 5.41) is 0.935. The molecule has 7 heteroatoms. The van der Waals surface area contributed by atoms with Crippen molar-refractivity contribution in [2.24, 2.45) is 0 Å². The fraction of sp³-hybridized carbons (Fsp3) is 0.115. The van der Waals surface area contributed by atoms with Crippen LogP contribution in [-0.4, -0.2) is 23.0 Å². The topological polar surface area (TPSA) is 61.3 Å². The number of ether oxygens (including phenoxy) is 2. The number of carbonyl (C=O) groups excluding carboxylic acids is 1. The smallest absolute Gasteiger partial charge is 0.341 e. The average molecular weight is 473 g/mol. The quantitative estimate of drug-likeness (QED) is 0.218. The van der Waals surface area contributed by atoms with E-state index in [1.165, 1.54) is 7.11 Å². The van der Waals surface area contributed by atoms with E-state index in [0.29, 0.717) is 22.5 Å². The number of benzene rings is 3. The zero-order chi connectivity index (χ0) is 22.8. The molecule has 0 radical (unpaired) electrons. The van der Waals surface area contributed by atoms with Gasteiger partial charge in [-0.2, -0.15) is 0 Å². The molecule has 1 unspecified atom stereocenters. The predicted molar refractivity (Wildman–Crippen MR) is 135 cm³/mol. The number of aromatic nitrogens is 2. The van der Waals surface area contributed by atoms with Gasteiger partial charge in [-0.25, -0.2) is 14.8 Å². The summed E-state index contributed by atoms with van der Waals surface area (Å²) < 4.78 is 12.8. The van der Waals surface area contributed by atoms with Crippen molar-refractivity contribution >= 4 is 47.8 Å². The van der Waals surface area contributed by atoms with Crippen molar-refractivity contribution in [3.63, 3.8) is 0 Å². The fourth-order valence-electron chi connectivity index (χ4n) is 3.97. The van der Waals surface area contributed by atoms with Crippen LogP contribution in [0.4, 0.5) is 0 Å². The molecule has 3 aromatic carbocycles. The maximum absolute atomic E-state index is 12.8. The maximum atomic E-state index is 12.8. The van der Waals surface area contributed by atoms with E-state index in [9.17, 15) is 4.79 Å². The summed E-state index contributed by atoms with van der Waals surface area (Å²) in [6, 6.07) is 23.6. The summed E-state index contributed by atoms with van der Waals surface area (Å²) in [4.78, 5) is 22.0. The Kier molecular flexibility index (Phi) is 6.03. The molecule has 0 spiro atoms. The molecule has 5 aromatic rings. The number of hydrogen-bond acceptors (Lipinski definition) is 6. The summed E-state index contributed by atoms with van der Waals surface area (Å²) in [6.07, 6.45) is 0.295. The molecule has 5 rings (SSSR count). The van der Waals surface area contributed by atoms with Crippen LogP contribution in [0, 0.1) is 0 Å². The molecule has 164 valence electrons. The first-order valence-corrected chi connectivity index (χ1v) is 12.1. The van der Waals surface area contributed by atoms with E-state index >= 15 is 0 Å². The Morgan fingerprint density at radius 1 is 1.00 bits per heavy atom. The number of methoxy groups -OCH3 is 1. The van der Waals surface area contributed by atoms with Crippen LogP contribution in [0.15, 0.2) is 78.3 Å². The van der Waals surface area contributed by atoms with Crippen molar-refractivity contribution < 1.29 is 14.3 Å². The molecule has 5 nitrogen and oxygen atoms in total. The molecule has 2 aromatic heterocycles. The second kappa shape index (κ2) is 9.26. The number of pyridine rings is 1. The summed E-state index contributed by atoms with van der Waals surface area (Å²) in [5.41, 5.74) is 6.42. The molecule has 0 N–H and O–H groups in total. The van der Waals surface area contributed by atoms with E-state index in [1.807, 2.05) is 66.7 Å². The van der Waals surface area contributed by atoms with Crippen molar-refractivity contribution in [2.75, 3.05) is 7.11 Å². The maximum Gasteiger partial charge on any atom is 0.341 e. The van der Waals surface area contributed by atoms with Gasteiger partial charge in [0, 0.05) is 5.39 Å². The molecule has 0 fully saturated rings.